The predicted octanol–water partition coefficient (Wildman–Crippen LogP) is 4.84. The number of rotatable bonds is 5. The van der Waals surface area contributed by atoms with Gasteiger partial charge < -0.3 is 10.1 Å². The minimum Gasteiger partial charge on any atom is -0.449 e. The Balaban J connectivity index is 1.45. The van der Waals surface area contributed by atoms with Crippen LogP contribution in [0.3, 0.4) is 0 Å². The number of nitrogens with zero attached hydrogens (tertiary/aromatic N) is 1. The maximum atomic E-state index is 14.1. The summed E-state index contributed by atoms with van der Waals surface area (Å²) in [6.45, 7) is 0.0600. The average Bonchev–Trinajstić information content (AvgIpc) is 3.31. The summed E-state index contributed by atoms with van der Waals surface area (Å²) >= 11 is 1.38. The lowest BCUT2D eigenvalue weighted by Gasteiger charge is -2.29. The molecule has 1 aromatic carbocycles. The lowest BCUT2D eigenvalue weighted by atomic mass is 9.93. The van der Waals surface area contributed by atoms with E-state index in [1.165, 1.54) is 16.2 Å². The Morgan fingerprint density at radius 3 is 2.54 bits per heavy atom. The van der Waals surface area contributed by atoms with Crippen molar-refractivity contribution >= 4 is 23.1 Å². The van der Waals surface area contributed by atoms with E-state index in [9.17, 15) is 18.0 Å². The van der Waals surface area contributed by atoms with Crippen LogP contribution in [0.25, 0.3) is 0 Å². The molecule has 4 nitrogen and oxygen atoms in total. The summed E-state index contributed by atoms with van der Waals surface area (Å²) in [5.41, 5.74) is 0.423. The number of hydrogen-bond acceptors (Lipinski definition) is 4. The van der Waals surface area contributed by atoms with E-state index in [1.54, 1.807) is 16.8 Å². The minimum atomic E-state index is -1.26. The monoisotopic (exact) mass is 410 g/mol. The van der Waals surface area contributed by atoms with Gasteiger partial charge in [0.2, 0.25) is 0 Å². The van der Waals surface area contributed by atoms with Gasteiger partial charge in [-0.3, -0.25) is 4.90 Å². The highest BCUT2D eigenvalue weighted by molar-refractivity contribution is 7.08. The molecular formula is C20H21F3N2O2S. The number of fused-ring (bicyclic) bond motifs is 2. The van der Waals surface area contributed by atoms with Gasteiger partial charge in [0.1, 0.15) is 5.82 Å². The number of hydrogen-bond donors (Lipinski definition) is 1. The Kier molecular flexibility index (Phi) is 5.59. The molecule has 3 heterocycles. The number of halogens is 3. The quantitative estimate of drug-likeness (QED) is 0.718. The van der Waals surface area contributed by atoms with Gasteiger partial charge in [-0.1, -0.05) is 0 Å². The molecule has 2 bridgehead atoms. The van der Waals surface area contributed by atoms with E-state index in [1.807, 2.05) is 0 Å². The van der Waals surface area contributed by atoms with Crippen LogP contribution in [0.2, 0.25) is 0 Å². The molecule has 0 aliphatic carbocycles. The van der Waals surface area contributed by atoms with E-state index in [0.29, 0.717) is 36.4 Å². The van der Waals surface area contributed by atoms with Crippen LogP contribution in [-0.2, 0) is 11.3 Å². The third-order valence-electron chi connectivity index (χ3n) is 5.47. The first-order valence-electron chi connectivity index (χ1n) is 9.35. The van der Waals surface area contributed by atoms with Crippen LogP contribution in [0.5, 0.6) is 0 Å². The third-order valence-corrected chi connectivity index (χ3v) is 6.14. The lowest BCUT2D eigenvalue weighted by Crippen LogP contribution is -2.40. The summed E-state index contributed by atoms with van der Waals surface area (Å²) in [5.74, 6) is -3.01. The predicted molar refractivity (Wildman–Crippen MR) is 101 cm³/mol. The molecular weight excluding hydrogens is 389 g/mol. The number of ether oxygens (including phenoxy) is 1. The van der Waals surface area contributed by atoms with Gasteiger partial charge in [0.05, 0.1) is 18.8 Å². The molecule has 28 heavy (non-hydrogen) atoms. The van der Waals surface area contributed by atoms with E-state index in [0.717, 1.165) is 31.7 Å². The van der Waals surface area contributed by atoms with Crippen molar-refractivity contribution in [1.82, 2.24) is 5.32 Å². The molecule has 150 valence electrons. The van der Waals surface area contributed by atoms with E-state index in [4.69, 9.17) is 4.74 Å². The SMILES string of the molecule is O=C(OC[C@H]1C[C@H]2CC[C@@H](C1)N2)N(Cc1cc(F)c(F)cc1F)c1ccsc1. The van der Waals surface area contributed by atoms with Crippen molar-refractivity contribution < 1.29 is 22.7 Å². The number of carbonyl (C=O) groups is 1. The number of thiophene rings is 1. The molecule has 0 spiro atoms. The van der Waals surface area contributed by atoms with E-state index >= 15 is 0 Å². The van der Waals surface area contributed by atoms with Gasteiger partial charge in [0, 0.05) is 29.1 Å². The van der Waals surface area contributed by atoms with Crippen molar-refractivity contribution in [3.8, 4) is 0 Å². The van der Waals surface area contributed by atoms with Crippen molar-refractivity contribution in [3.63, 3.8) is 0 Å². The summed E-state index contributed by atoms with van der Waals surface area (Å²) in [6.07, 6.45) is 3.64. The Morgan fingerprint density at radius 2 is 1.86 bits per heavy atom. The van der Waals surface area contributed by atoms with Crippen LogP contribution in [-0.4, -0.2) is 24.8 Å². The zero-order chi connectivity index (χ0) is 19.7. The standard InChI is InChI=1S/C20H21F3N2O2S/c21-17-8-19(23)18(22)7-13(17)9-25(16-3-4-28-11-16)20(26)27-10-12-5-14-1-2-15(6-12)24-14/h3-4,7-8,11-12,14-15,24H,1-2,5-6,9-10H2/t12-,14+,15-. The highest BCUT2D eigenvalue weighted by atomic mass is 32.1. The summed E-state index contributed by atoms with van der Waals surface area (Å²) in [6, 6.07) is 3.96. The van der Waals surface area contributed by atoms with Crippen molar-refractivity contribution in [3.05, 3.63) is 52.0 Å². The van der Waals surface area contributed by atoms with Crippen LogP contribution in [0.1, 0.15) is 31.2 Å². The molecule has 3 atom stereocenters. The van der Waals surface area contributed by atoms with Crippen LogP contribution < -0.4 is 10.2 Å². The average molecular weight is 410 g/mol. The summed E-state index contributed by atoms with van der Waals surface area (Å²) < 4.78 is 46.4. The highest BCUT2D eigenvalue weighted by Gasteiger charge is 2.34. The number of nitrogens with one attached hydrogen (secondary N) is 1. The van der Waals surface area contributed by atoms with Gasteiger partial charge in [0.15, 0.2) is 11.6 Å². The molecule has 2 saturated heterocycles. The number of piperidine rings is 1. The van der Waals surface area contributed by atoms with Crippen LogP contribution in [0.15, 0.2) is 29.0 Å². The largest absolute Gasteiger partial charge is 0.449 e. The minimum absolute atomic E-state index is 0.109. The van der Waals surface area contributed by atoms with Gasteiger partial charge >= 0.3 is 6.09 Å². The van der Waals surface area contributed by atoms with Gasteiger partial charge in [-0.2, -0.15) is 11.3 Å². The zero-order valence-electron chi connectivity index (χ0n) is 15.2. The maximum absolute atomic E-state index is 14.1. The molecule has 0 unspecified atom stereocenters. The number of carbonyl (C=O) groups excluding carboxylic acids is 1. The normalized spacial score (nSPS) is 23.6. The smallest absolute Gasteiger partial charge is 0.414 e. The first-order valence-corrected chi connectivity index (χ1v) is 10.3. The highest BCUT2D eigenvalue weighted by Crippen LogP contribution is 2.31. The Bertz CT molecular complexity index is 834. The zero-order valence-corrected chi connectivity index (χ0v) is 16.0. The van der Waals surface area contributed by atoms with Crippen molar-refractivity contribution in [2.24, 2.45) is 5.92 Å². The first-order chi connectivity index (χ1) is 13.5. The van der Waals surface area contributed by atoms with Crippen LogP contribution in [0.4, 0.5) is 23.7 Å². The van der Waals surface area contributed by atoms with Gasteiger partial charge in [0.25, 0.3) is 0 Å². The summed E-state index contributed by atoms with van der Waals surface area (Å²) in [7, 11) is 0. The molecule has 1 amide bonds. The van der Waals surface area contributed by atoms with Crippen LogP contribution in [0, 0.1) is 23.4 Å². The molecule has 4 rings (SSSR count). The Morgan fingerprint density at radius 1 is 1.14 bits per heavy atom. The fourth-order valence-electron chi connectivity index (χ4n) is 4.11. The molecule has 2 fully saturated rings. The first kappa shape index (κ1) is 19.3. The third kappa shape index (κ3) is 4.17. The van der Waals surface area contributed by atoms with E-state index < -0.39 is 23.5 Å². The van der Waals surface area contributed by atoms with Crippen LogP contribution >= 0.6 is 11.3 Å². The summed E-state index contributed by atoms with van der Waals surface area (Å²) in [4.78, 5) is 14.0. The number of amides is 1. The molecule has 1 aromatic heterocycles. The molecule has 0 radical (unpaired) electrons. The molecule has 2 aromatic rings. The summed E-state index contributed by atoms with van der Waals surface area (Å²) in [5, 5.41) is 7.05. The van der Waals surface area contributed by atoms with E-state index in [-0.39, 0.29) is 12.1 Å². The molecule has 8 heteroatoms. The topological polar surface area (TPSA) is 41.6 Å². The second-order valence-corrected chi connectivity index (χ2v) is 8.26. The van der Waals surface area contributed by atoms with E-state index in [2.05, 4.69) is 5.32 Å². The second kappa shape index (κ2) is 8.13. The van der Waals surface area contributed by atoms with Crippen molar-refractivity contribution in [2.45, 2.75) is 44.3 Å². The molecule has 2 aliphatic heterocycles. The van der Waals surface area contributed by atoms with Crippen molar-refractivity contribution in [2.75, 3.05) is 11.5 Å². The van der Waals surface area contributed by atoms with Gasteiger partial charge in [-0.05, 0) is 49.1 Å². The Hall–Kier alpha value is -2.06. The Labute approximate surface area is 165 Å². The number of anilines is 1. The van der Waals surface area contributed by atoms with Gasteiger partial charge in [-0.15, -0.1) is 0 Å². The van der Waals surface area contributed by atoms with Gasteiger partial charge in [-0.25, -0.2) is 18.0 Å². The fraction of sp³-hybridized carbons (Fsp3) is 0.450. The molecule has 2 aliphatic rings. The maximum Gasteiger partial charge on any atom is 0.414 e. The fourth-order valence-corrected chi connectivity index (χ4v) is 4.75. The second-order valence-electron chi connectivity index (χ2n) is 7.48. The van der Waals surface area contributed by atoms with Crippen molar-refractivity contribution in [1.29, 1.82) is 0 Å². The molecule has 0 saturated carbocycles. The molecule has 1 N–H and O–H groups in total. The lowest BCUT2D eigenvalue weighted by molar-refractivity contribution is 0.116. The number of benzene rings is 1.